The van der Waals surface area contributed by atoms with E-state index in [0.29, 0.717) is 0 Å². The molecule has 4 heteroatoms. The molecule has 0 saturated heterocycles. The topological polar surface area (TPSA) is 21.3 Å². The van der Waals surface area contributed by atoms with Crippen molar-refractivity contribution < 1.29 is 4.42 Å². The third-order valence-electron chi connectivity index (χ3n) is 13.6. The van der Waals surface area contributed by atoms with Gasteiger partial charge in [0, 0.05) is 64.5 Å². The molecule has 0 aliphatic carbocycles. The molecule has 0 amide bonds. The SMILES string of the molecule is c1ccc(-c2ccc3c(ccc4ccc(N(c5ccc(-n6c7ccccc7c7ccccc76)cc5)c5ccc6sc7cccc(-c8ccc9c(c8)oc8ccccc89)c7c6c5)cc43)c2)cc1. The van der Waals surface area contributed by atoms with E-state index in [1.807, 2.05) is 23.5 Å². The lowest BCUT2D eigenvalue weighted by Crippen LogP contribution is -2.10. The number of thiophene rings is 1. The fraction of sp³-hybridized carbons (Fsp3) is 0. The maximum Gasteiger partial charge on any atom is 0.136 e. The smallest absolute Gasteiger partial charge is 0.136 e. The van der Waals surface area contributed by atoms with Crippen LogP contribution in [0.25, 0.3) is 113 Å². The number of fused-ring (bicyclic) bond motifs is 12. The van der Waals surface area contributed by atoms with Gasteiger partial charge in [0.2, 0.25) is 0 Å². The first-order valence-electron chi connectivity index (χ1n) is 22.5. The Morgan fingerprint density at radius 3 is 1.80 bits per heavy atom. The summed E-state index contributed by atoms with van der Waals surface area (Å²) in [5.41, 5.74) is 13.4. The average molecular weight is 859 g/mol. The van der Waals surface area contributed by atoms with Crippen LogP contribution in [0.15, 0.2) is 235 Å². The second-order valence-corrected chi connectivity index (χ2v) is 18.3. The molecule has 0 radical (unpaired) electrons. The van der Waals surface area contributed by atoms with Gasteiger partial charge in [0.15, 0.2) is 0 Å². The second-order valence-electron chi connectivity index (χ2n) is 17.3. The van der Waals surface area contributed by atoms with Crippen LogP contribution in [0.3, 0.4) is 0 Å². The number of aromatic nitrogens is 1. The molecule has 3 nitrogen and oxygen atoms in total. The zero-order chi connectivity index (χ0) is 43.3. The van der Waals surface area contributed by atoms with Gasteiger partial charge in [-0.25, -0.2) is 0 Å². The Hall–Kier alpha value is -8.44. The summed E-state index contributed by atoms with van der Waals surface area (Å²) >= 11 is 1.85. The van der Waals surface area contributed by atoms with Crippen LogP contribution in [0.5, 0.6) is 0 Å². The number of hydrogen-bond acceptors (Lipinski definition) is 3. The maximum atomic E-state index is 6.40. The van der Waals surface area contributed by atoms with E-state index < -0.39 is 0 Å². The normalized spacial score (nSPS) is 11.9. The Morgan fingerprint density at radius 2 is 0.985 bits per heavy atom. The van der Waals surface area contributed by atoms with Crippen LogP contribution in [0.1, 0.15) is 0 Å². The van der Waals surface area contributed by atoms with Gasteiger partial charge < -0.3 is 13.9 Å². The summed E-state index contributed by atoms with van der Waals surface area (Å²) in [5.74, 6) is 0. The number of furan rings is 1. The zero-order valence-electron chi connectivity index (χ0n) is 35.7. The molecule has 0 aliphatic rings. The highest BCUT2D eigenvalue weighted by Crippen LogP contribution is 2.46. The standard InChI is InChI=1S/C62H38N2OS/c1-2-11-39(12-3-1)41-24-32-48-42(35-41)22-21-40-23-26-46(37-54(40)48)63(44-27-29-45(30-28-44)64-56-17-7-4-13-50(56)51-14-5-8-18-57(51)64)47-31-34-60-55(38-47)62-49(16-10-20-61(62)66-60)43-25-33-53-52-15-6-9-19-58(52)65-59(53)36-43/h1-38H. The van der Waals surface area contributed by atoms with E-state index >= 15 is 0 Å². The van der Waals surface area contributed by atoms with Crippen molar-refractivity contribution in [2.24, 2.45) is 0 Å². The van der Waals surface area contributed by atoms with Gasteiger partial charge in [-0.2, -0.15) is 0 Å². The van der Waals surface area contributed by atoms with E-state index in [-0.39, 0.29) is 0 Å². The lowest BCUT2D eigenvalue weighted by Gasteiger charge is -2.26. The van der Waals surface area contributed by atoms with Crippen molar-refractivity contribution in [1.29, 1.82) is 0 Å². The number of para-hydroxylation sites is 3. The molecule has 0 N–H and O–H groups in total. The van der Waals surface area contributed by atoms with Crippen molar-refractivity contribution in [3.63, 3.8) is 0 Å². The van der Waals surface area contributed by atoms with Gasteiger partial charge in [-0.05, 0) is 141 Å². The first-order valence-corrected chi connectivity index (χ1v) is 23.3. The van der Waals surface area contributed by atoms with Crippen LogP contribution in [-0.2, 0) is 0 Å². The molecule has 0 bridgehead atoms. The van der Waals surface area contributed by atoms with E-state index in [1.54, 1.807) is 0 Å². The highest BCUT2D eigenvalue weighted by atomic mass is 32.1. The quantitative estimate of drug-likeness (QED) is 0.155. The van der Waals surface area contributed by atoms with Crippen molar-refractivity contribution in [3.8, 4) is 27.9 Å². The number of rotatable bonds is 6. The van der Waals surface area contributed by atoms with Crippen molar-refractivity contribution in [2.45, 2.75) is 0 Å². The predicted molar refractivity (Wildman–Crippen MR) is 282 cm³/mol. The molecule has 0 spiro atoms. The zero-order valence-corrected chi connectivity index (χ0v) is 36.5. The summed E-state index contributed by atoms with van der Waals surface area (Å²) in [6, 6.07) is 84.2. The molecule has 14 rings (SSSR count). The van der Waals surface area contributed by atoms with Crippen molar-refractivity contribution in [3.05, 3.63) is 231 Å². The molecule has 3 aromatic heterocycles. The highest BCUT2D eigenvalue weighted by Gasteiger charge is 2.20. The minimum absolute atomic E-state index is 0.904. The van der Waals surface area contributed by atoms with Crippen LogP contribution >= 0.6 is 11.3 Å². The monoisotopic (exact) mass is 858 g/mol. The number of hydrogen-bond donors (Lipinski definition) is 0. The Bertz CT molecular complexity index is 4180. The Labute approximate surface area is 384 Å². The molecule has 0 aliphatic heterocycles. The Morgan fingerprint density at radius 1 is 0.348 bits per heavy atom. The van der Waals surface area contributed by atoms with Crippen LogP contribution in [-0.4, -0.2) is 4.57 Å². The molecule has 11 aromatic carbocycles. The van der Waals surface area contributed by atoms with E-state index in [4.69, 9.17) is 4.42 Å². The maximum absolute atomic E-state index is 6.40. The first kappa shape index (κ1) is 37.0. The molecule has 0 saturated carbocycles. The third-order valence-corrected chi connectivity index (χ3v) is 14.7. The average Bonchev–Trinajstić information content (AvgIpc) is 4.06. The summed E-state index contributed by atoms with van der Waals surface area (Å²) in [4.78, 5) is 2.43. The van der Waals surface area contributed by atoms with Gasteiger partial charge in [-0.15, -0.1) is 11.3 Å². The molecule has 3 heterocycles. The van der Waals surface area contributed by atoms with Gasteiger partial charge in [0.05, 0.1) is 11.0 Å². The number of nitrogens with zero attached hydrogens (tertiary/aromatic N) is 2. The Kier molecular flexibility index (Phi) is 8.15. The van der Waals surface area contributed by atoms with Gasteiger partial charge >= 0.3 is 0 Å². The highest BCUT2D eigenvalue weighted by molar-refractivity contribution is 7.26. The summed E-state index contributed by atoms with van der Waals surface area (Å²) in [7, 11) is 0. The molecule has 0 unspecified atom stereocenters. The summed E-state index contributed by atoms with van der Waals surface area (Å²) in [6.45, 7) is 0. The van der Waals surface area contributed by atoms with Gasteiger partial charge in [-0.1, -0.05) is 133 Å². The Balaban J connectivity index is 0.956. The van der Waals surface area contributed by atoms with Gasteiger partial charge in [-0.3, -0.25) is 0 Å². The lowest BCUT2D eigenvalue weighted by molar-refractivity contribution is 0.669. The first-order chi connectivity index (χ1) is 32.7. The molecule has 0 fully saturated rings. The van der Waals surface area contributed by atoms with Gasteiger partial charge in [0.25, 0.3) is 0 Å². The number of benzene rings is 11. The minimum Gasteiger partial charge on any atom is -0.456 e. The largest absolute Gasteiger partial charge is 0.456 e. The second kappa shape index (κ2) is 14.5. The minimum atomic E-state index is 0.904. The van der Waals surface area contributed by atoms with Crippen LogP contribution in [0.4, 0.5) is 17.1 Å². The molecular formula is C62H38N2OS. The fourth-order valence-corrected chi connectivity index (χ4v) is 11.6. The summed E-state index contributed by atoms with van der Waals surface area (Å²) < 4.78 is 11.3. The summed E-state index contributed by atoms with van der Waals surface area (Å²) in [5, 5.41) is 12.2. The van der Waals surface area contributed by atoms with Crippen molar-refractivity contribution in [1.82, 2.24) is 4.57 Å². The predicted octanol–water partition coefficient (Wildman–Crippen LogP) is 18.2. The molecule has 14 aromatic rings. The molecule has 0 atom stereocenters. The van der Waals surface area contributed by atoms with Crippen LogP contribution in [0, 0.1) is 0 Å². The summed E-state index contributed by atoms with van der Waals surface area (Å²) in [6.07, 6.45) is 0. The molecular weight excluding hydrogens is 821 g/mol. The van der Waals surface area contributed by atoms with Crippen LogP contribution < -0.4 is 4.90 Å². The van der Waals surface area contributed by atoms with Gasteiger partial charge in [0.1, 0.15) is 11.2 Å². The van der Waals surface area contributed by atoms with E-state index in [2.05, 4.69) is 228 Å². The number of anilines is 3. The fourth-order valence-electron chi connectivity index (χ4n) is 10.5. The van der Waals surface area contributed by atoms with E-state index in [1.165, 1.54) is 80.2 Å². The lowest BCUT2D eigenvalue weighted by atomic mass is 9.97. The van der Waals surface area contributed by atoms with Crippen LogP contribution in [0.2, 0.25) is 0 Å². The van der Waals surface area contributed by atoms with Crippen molar-refractivity contribution in [2.75, 3.05) is 4.90 Å². The molecule has 66 heavy (non-hydrogen) atoms. The van der Waals surface area contributed by atoms with E-state index in [9.17, 15) is 0 Å². The van der Waals surface area contributed by atoms with E-state index in [0.717, 1.165) is 50.3 Å². The molecule has 308 valence electrons. The van der Waals surface area contributed by atoms with Crippen molar-refractivity contribution >= 4 is 114 Å². The third kappa shape index (κ3) is 5.75.